The fourth-order valence-corrected chi connectivity index (χ4v) is 3.09. The van der Waals surface area contributed by atoms with Crippen molar-refractivity contribution in [2.45, 2.75) is 39.5 Å². The van der Waals surface area contributed by atoms with Crippen molar-refractivity contribution in [2.75, 3.05) is 6.61 Å². The van der Waals surface area contributed by atoms with E-state index in [-0.39, 0.29) is 5.97 Å². The highest BCUT2D eigenvalue weighted by Crippen LogP contribution is 2.27. The van der Waals surface area contributed by atoms with Gasteiger partial charge in [-0.3, -0.25) is 4.79 Å². The zero-order chi connectivity index (χ0) is 20.8. The lowest BCUT2D eigenvalue weighted by Crippen LogP contribution is -2.05. The fourth-order valence-electron chi connectivity index (χ4n) is 2.98. The number of hydrogen-bond acceptors (Lipinski definition) is 5. The minimum Gasteiger partial charge on any atom is -0.490 e. The lowest BCUT2D eigenvalue weighted by molar-refractivity contribution is -0.132. The molecule has 0 saturated heterocycles. The molecule has 0 spiro atoms. The van der Waals surface area contributed by atoms with E-state index in [1.54, 1.807) is 35.1 Å². The van der Waals surface area contributed by atoms with Gasteiger partial charge in [0.05, 0.1) is 17.3 Å². The molecule has 1 aromatic carbocycles. The Morgan fingerprint density at radius 3 is 2.59 bits per heavy atom. The summed E-state index contributed by atoms with van der Waals surface area (Å²) in [6.45, 7) is 6.12. The van der Waals surface area contributed by atoms with Gasteiger partial charge in [-0.2, -0.15) is 5.10 Å². The Morgan fingerprint density at radius 1 is 1.17 bits per heavy atom. The number of para-hydroxylation sites is 2. The molecule has 0 radical (unpaired) electrons. The zero-order valence-electron chi connectivity index (χ0n) is 16.8. The van der Waals surface area contributed by atoms with E-state index in [9.17, 15) is 4.79 Å². The number of nitrogens with zero attached hydrogens (tertiary/aromatic N) is 3. The number of benzene rings is 1. The number of esters is 1. The summed E-state index contributed by atoms with van der Waals surface area (Å²) in [5, 5.41) is 5.30. The van der Waals surface area contributed by atoms with Crippen LogP contribution in [-0.4, -0.2) is 27.3 Å². The topological polar surface area (TPSA) is 66.2 Å². The van der Waals surface area contributed by atoms with Crippen molar-refractivity contribution in [3.8, 4) is 17.3 Å². The van der Waals surface area contributed by atoms with Crippen LogP contribution in [0.15, 0.2) is 48.8 Å². The summed E-state index contributed by atoms with van der Waals surface area (Å²) in [4.78, 5) is 15.6. The number of hydrogen-bond donors (Lipinski definition) is 0. The maximum Gasteiger partial charge on any atom is 0.308 e. The molecule has 7 heteroatoms. The molecule has 0 aliphatic heterocycles. The molecule has 3 rings (SSSR count). The standard InChI is InChI=1S/C22H24ClN3O3/c1-15(2)22-17(14-26(25-22)21-11-10-18(23)13-24-21)7-6-12-28-19-8-4-5-9-20(19)29-16(3)27/h4-5,8-11,13-15H,6-7,12H2,1-3H3. The number of aryl methyl sites for hydroxylation is 1. The van der Waals surface area contributed by atoms with Crippen LogP contribution in [0.1, 0.15) is 44.4 Å². The summed E-state index contributed by atoms with van der Waals surface area (Å²) in [6.07, 6.45) is 5.24. The van der Waals surface area contributed by atoms with Crippen LogP contribution in [0.4, 0.5) is 0 Å². The number of halogens is 1. The van der Waals surface area contributed by atoms with Gasteiger partial charge in [-0.1, -0.05) is 37.6 Å². The van der Waals surface area contributed by atoms with Gasteiger partial charge in [0.15, 0.2) is 17.3 Å². The average molecular weight is 414 g/mol. The summed E-state index contributed by atoms with van der Waals surface area (Å²) in [5.41, 5.74) is 2.20. The van der Waals surface area contributed by atoms with Crippen LogP contribution in [-0.2, 0) is 11.2 Å². The summed E-state index contributed by atoms with van der Waals surface area (Å²) in [6, 6.07) is 10.8. The lowest BCUT2D eigenvalue weighted by atomic mass is 10.0. The van der Waals surface area contributed by atoms with Crippen LogP contribution in [0, 0.1) is 0 Å². The molecular formula is C22H24ClN3O3. The van der Waals surface area contributed by atoms with Crippen molar-refractivity contribution < 1.29 is 14.3 Å². The third-order valence-electron chi connectivity index (χ3n) is 4.27. The van der Waals surface area contributed by atoms with Crippen LogP contribution in [0.5, 0.6) is 11.5 Å². The van der Waals surface area contributed by atoms with E-state index in [2.05, 4.69) is 18.8 Å². The summed E-state index contributed by atoms with van der Waals surface area (Å²) >= 11 is 5.93. The first-order chi connectivity index (χ1) is 13.9. The highest BCUT2D eigenvalue weighted by atomic mass is 35.5. The zero-order valence-corrected chi connectivity index (χ0v) is 17.5. The van der Waals surface area contributed by atoms with E-state index in [0.29, 0.717) is 29.0 Å². The number of carbonyl (C=O) groups excluding carboxylic acids is 1. The van der Waals surface area contributed by atoms with Crippen molar-refractivity contribution in [2.24, 2.45) is 0 Å². The Hall–Kier alpha value is -2.86. The highest BCUT2D eigenvalue weighted by Gasteiger charge is 2.14. The Balaban J connectivity index is 1.65. The van der Waals surface area contributed by atoms with Gasteiger partial charge in [0.2, 0.25) is 0 Å². The molecule has 0 bridgehead atoms. The molecule has 6 nitrogen and oxygen atoms in total. The first kappa shape index (κ1) is 20.9. The summed E-state index contributed by atoms with van der Waals surface area (Å²) in [7, 11) is 0. The minimum absolute atomic E-state index is 0.296. The molecule has 0 amide bonds. The van der Waals surface area contributed by atoms with Crippen LogP contribution < -0.4 is 9.47 Å². The van der Waals surface area contributed by atoms with Gasteiger partial charge in [0.1, 0.15) is 0 Å². The van der Waals surface area contributed by atoms with Crippen LogP contribution in [0.2, 0.25) is 5.02 Å². The number of pyridine rings is 1. The van der Waals surface area contributed by atoms with Crippen molar-refractivity contribution in [3.05, 3.63) is 65.1 Å². The van der Waals surface area contributed by atoms with E-state index < -0.39 is 0 Å². The third-order valence-corrected chi connectivity index (χ3v) is 4.49. The molecule has 29 heavy (non-hydrogen) atoms. The Bertz CT molecular complexity index is 968. The lowest BCUT2D eigenvalue weighted by Gasteiger charge is -2.11. The number of aromatic nitrogens is 3. The molecule has 0 unspecified atom stereocenters. The molecule has 2 heterocycles. The van der Waals surface area contributed by atoms with Gasteiger partial charge in [-0.05, 0) is 48.6 Å². The van der Waals surface area contributed by atoms with Crippen molar-refractivity contribution in [1.82, 2.24) is 14.8 Å². The molecule has 0 atom stereocenters. The molecule has 0 saturated carbocycles. The number of carbonyl (C=O) groups is 1. The SMILES string of the molecule is CC(=O)Oc1ccccc1OCCCc1cn(-c2ccc(Cl)cn2)nc1C(C)C. The fraction of sp³-hybridized carbons (Fsp3) is 0.318. The van der Waals surface area contributed by atoms with Gasteiger partial charge in [-0.25, -0.2) is 9.67 Å². The van der Waals surface area contributed by atoms with E-state index >= 15 is 0 Å². The normalized spacial score (nSPS) is 10.9. The van der Waals surface area contributed by atoms with Crippen LogP contribution in [0.25, 0.3) is 5.82 Å². The van der Waals surface area contributed by atoms with Gasteiger partial charge in [0.25, 0.3) is 0 Å². The average Bonchev–Trinajstić information content (AvgIpc) is 3.11. The predicted octanol–water partition coefficient (Wildman–Crippen LogP) is 4.98. The molecular weight excluding hydrogens is 390 g/mol. The first-order valence-electron chi connectivity index (χ1n) is 9.54. The van der Waals surface area contributed by atoms with E-state index in [0.717, 1.165) is 29.9 Å². The van der Waals surface area contributed by atoms with Crippen LogP contribution in [0.3, 0.4) is 0 Å². The quantitative estimate of drug-likeness (QED) is 0.296. The smallest absolute Gasteiger partial charge is 0.308 e. The van der Waals surface area contributed by atoms with E-state index in [4.69, 9.17) is 26.2 Å². The van der Waals surface area contributed by atoms with E-state index in [1.807, 2.05) is 18.3 Å². The second-order valence-electron chi connectivity index (χ2n) is 6.97. The maximum absolute atomic E-state index is 11.2. The third kappa shape index (κ3) is 5.57. The molecule has 0 fully saturated rings. The molecule has 0 N–H and O–H groups in total. The number of rotatable bonds is 8. The second-order valence-corrected chi connectivity index (χ2v) is 7.40. The van der Waals surface area contributed by atoms with Gasteiger partial charge < -0.3 is 9.47 Å². The Kier molecular flexibility index (Phi) is 6.88. The van der Waals surface area contributed by atoms with Gasteiger partial charge in [-0.15, -0.1) is 0 Å². The Labute approximate surface area is 175 Å². The predicted molar refractivity (Wildman–Crippen MR) is 112 cm³/mol. The monoisotopic (exact) mass is 413 g/mol. The molecule has 3 aromatic rings. The minimum atomic E-state index is -0.370. The summed E-state index contributed by atoms with van der Waals surface area (Å²) < 4.78 is 12.8. The van der Waals surface area contributed by atoms with Crippen molar-refractivity contribution in [3.63, 3.8) is 0 Å². The van der Waals surface area contributed by atoms with Crippen molar-refractivity contribution >= 4 is 17.6 Å². The van der Waals surface area contributed by atoms with Crippen molar-refractivity contribution in [1.29, 1.82) is 0 Å². The van der Waals surface area contributed by atoms with Gasteiger partial charge in [0, 0.05) is 19.3 Å². The van der Waals surface area contributed by atoms with Crippen LogP contribution >= 0.6 is 11.6 Å². The molecule has 2 aromatic heterocycles. The summed E-state index contributed by atoms with van der Waals surface area (Å²) in [5.74, 6) is 1.65. The maximum atomic E-state index is 11.2. The first-order valence-corrected chi connectivity index (χ1v) is 9.92. The Morgan fingerprint density at radius 2 is 1.93 bits per heavy atom. The van der Waals surface area contributed by atoms with E-state index in [1.165, 1.54) is 6.92 Å². The van der Waals surface area contributed by atoms with Gasteiger partial charge >= 0.3 is 5.97 Å². The second kappa shape index (κ2) is 9.56. The molecule has 0 aliphatic rings. The highest BCUT2D eigenvalue weighted by molar-refractivity contribution is 6.30. The number of ether oxygens (including phenoxy) is 2. The largest absolute Gasteiger partial charge is 0.490 e. The molecule has 0 aliphatic carbocycles. The molecule has 152 valence electrons.